The molecule has 0 aromatic rings. The van der Waals surface area contributed by atoms with Crippen LogP contribution < -0.4 is 5.32 Å². The van der Waals surface area contributed by atoms with Gasteiger partial charge in [0.1, 0.15) is 0 Å². The summed E-state index contributed by atoms with van der Waals surface area (Å²) in [7, 11) is 1.69. The standard InChI is InChI=1S/C10H23NO2S/c1-3-14-10-4-5-11-6-7-13-9-8-12-2/h11H,3-10H2,1-2H3. The minimum atomic E-state index is 0.688. The summed E-state index contributed by atoms with van der Waals surface area (Å²) in [6, 6.07) is 0. The van der Waals surface area contributed by atoms with E-state index in [-0.39, 0.29) is 0 Å². The molecule has 0 fully saturated rings. The van der Waals surface area contributed by atoms with Gasteiger partial charge in [0.25, 0.3) is 0 Å². The molecular formula is C10H23NO2S. The van der Waals surface area contributed by atoms with Crippen molar-refractivity contribution in [3.63, 3.8) is 0 Å². The highest BCUT2D eigenvalue weighted by Gasteiger charge is 1.89. The quantitative estimate of drug-likeness (QED) is 0.534. The van der Waals surface area contributed by atoms with E-state index in [4.69, 9.17) is 9.47 Å². The third kappa shape index (κ3) is 12.2. The number of ether oxygens (including phenoxy) is 2. The third-order valence-corrected chi connectivity index (χ3v) is 2.69. The molecule has 1 N–H and O–H groups in total. The molecule has 0 bridgehead atoms. The lowest BCUT2D eigenvalue weighted by Crippen LogP contribution is -2.22. The van der Waals surface area contributed by atoms with Gasteiger partial charge in [0, 0.05) is 13.7 Å². The van der Waals surface area contributed by atoms with Crippen molar-refractivity contribution in [2.75, 3.05) is 51.5 Å². The highest BCUT2D eigenvalue weighted by molar-refractivity contribution is 7.99. The molecule has 0 saturated heterocycles. The Morgan fingerprint density at radius 2 is 2.00 bits per heavy atom. The molecule has 0 atom stereocenters. The molecule has 0 aliphatic carbocycles. The van der Waals surface area contributed by atoms with Crippen LogP contribution in [0.3, 0.4) is 0 Å². The summed E-state index contributed by atoms with van der Waals surface area (Å²) >= 11 is 2.00. The van der Waals surface area contributed by atoms with E-state index >= 15 is 0 Å². The SMILES string of the molecule is CCSCCCNCCOCCOC. The Hall–Kier alpha value is 0.230. The molecular weight excluding hydrogens is 198 g/mol. The van der Waals surface area contributed by atoms with Gasteiger partial charge in [-0.05, 0) is 24.5 Å². The van der Waals surface area contributed by atoms with Crippen LogP contribution in [0.1, 0.15) is 13.3 Å². The average Bonchev–Trinajstić information content (AvgIpc) is 2.21. The van der Waals surface area contributed by atoms with Crippen LogP contribution in [0, 0.1) is 0 Å². The van der Waals surface area contributed by atoms with E-state index in [2.05, 4.69) is 12.2 Å². The molecule has 0 rings (SSSR count). The summed E-state index contributed by atoms with van der Waals surface area (Å²) in [5.41, 5.74) is 0. The zero-order chi connectivity index (χ0) is 10.5. The first-order valence-electron chi connectivity index (χ1n) is 5.27. The summed E-state index contributed by atoms with van der Waals surface area (Å²) in [6.45, 7) is 6.41. The van der Waals surface area contributed by atoms with E-state index < -0.39 is 0 Å². The topological polar surface area (TPSA) is 30.5 Å². The highest BCUT2D eigenvalue weighted by atomic mass is 32.2. The Balaban J connectivity index is 2.78. The third-order valence-electron chi connectivity index (χ3n) is 1.70. The van der Waals surface area contributed by atoms with E-state index in [0.29, 0.717) is 13.2 Å². The van der Waals surface area contributed by atoms with Gasteiger partial charge in [-0.1, -0.05) is 6.92 Å². The number of rotatable bonds is 11. The Bertz CT molecular complexity index is 92.1. The molecule has 0 spiro atoms. The number of methoxy groups -OCH3 is 1. The summed E-state index contributed by atoms with van der Waals surface area (Å²) in [5, 5.41) is 3.34. The monoisotopic (exact) mass is 221 g/mol. The van der Waals surface area contributed by atoms with Crippen molar-refractivity contribution in [1.82, 2.24) is 5.32 Å². The van der Waals surface area contributed by atoms with Gasteiger partial charge in [0.2, 0.25) is 0 Å². The molecule has 0 aromatic carbocycles. The number of thioether (sulfide) groups is 1. The van der Waals surface area contributed by atoms with Crippen molar-refractivity contribution < 1.29 is 9.47 Å². The summed E-state index contributed by atoms with van der Waals surface area (Å²) < 4.78 is 10.2. The van der Waals surface area contributed by atoms with Gasteiger partial charge in [-0.2, -0.15) is 11.8 Å². The predicted octanol–water partition coefficient (Wildman–Crippen LogP) is 1.38. The second-order valence-electron chi connectivity index (χ2n) is 2.91. The van der Waals surface area contributed by atoms with Crippen LogP contribution in [0.4, 0.5) is 0 Å². The predicted molar refractivity (Wildman–Crippen MR) is 63.2 cm³/mol. The molecule has 0 aliphatic heterocycles. The van der Waals surface area contributed by atoms with Crippen molar-refractivity contribution in [3.8, 4) is 0 Å². The fourth-order valence-corrected chi connectivity index (χ4v) is 1.59. The summed E-state index contributed by atoms with van der Waals surface area (Å²) in [4.78, 5) is 0. The molecule has 0 aliphatic rings. The molecule has 0 aromatic heterocycles. The van der Waals surface area contributed by atoms with Crippen molar-refractivity contribution in [2.24, 2.45) is 0 Å². The molecule has 4 heteroatoms. The van der Waals surface area contributed by atoms with Crippen molar-refractivity contribution in [3.05, 3.63) is 0 Å². The lowest BCUT2D eigenvalue weighted by atomic mass is 10.5. The van der Waals surface area contributed by atoms with Crippen molar-refractivity contribution in [2.45, 2.75) is 13.3 Å². The summed E-state index contributed by atoms with van der Waals surface area (Å²) in [6.07, 6.45) is 1.25. The molecule has 14 heavy (non-hydrogen) atoms. The molecule has 0 saturated carbocycles. The van der Waals surface area contributed by atoms with Gasteiger partial charge >= 0.3 is 0 Å². The molecule has 3 nitrogen and oxygen atoms in total. The minimum Gasteiger partial charge on any atom is -0.382 e. The highest BCUT2D eigenvalue weighted by Crippen LogP contribution is 1.99. The van der Waals surface area contributed by atoms with Crippen LogP contribution >= 0.6 is 11.8 Å². The zero-order valence-corrected chi connectivity index (χ0v) is 10.2. The van der Waals surface area contributed by atoms with Gasteiger partial charge in [-0.25, -0.2) is 0 Å². The first-order chi connectivity index (χ1) is 6.91. The molecule has 86 valence electrons. The maximum atomic E-state index is 5.31. The fraction of sp³-hybridized carbons (Fsp3) is 1.00. The number of hydrogen-bond acceptors (Lipinski definition) is 4. The van der Waals surface area contributed by atoms with Crippen LogP contribution in [-0.4, -0.2) is 51.5 Å². The van der Waals surface area contributed by atoms with Crippen LogP contribution in [0.5, 0.6) is 0 Å². The van der Waals surface area contributed by atoms with Crippen LogP contribution in [0.25, 0.3) is 0 Å². The second kappa shape index (κ2) is 13.2. The van der Waals surface area contributed by atoms with Gasteiger partial charge in [0.15, 0.2) is 0 Å². The van der Waals surface area contributed by atoms with E-state index in [1.165, 1.54) is 17.9 Å². The zero-order valence-electron chi connectivity index (χ0n) is 9.38. The van der Waals surface area contributed by atoms with Gasteiger partial charge in [-0.15, -0.1) is 0 Å². The van der Waals surface area contributed by atoms with Crippen molar-refractivity contribution >= 4 is 11.8 Å². The maximum Gasteiger partial charge on any atom is 0.0700 e. The Morgan fingerprint density at radius 1 is 1.14 bits per heavy atom. The first-order valence-corrected chi connectivity index (χ1v) is 6.42. The van der Waals surface area contributed by atoms with Crippen molar-refractivity contribution in [1.29, 1.82) is 0 Å². The number of hydrogen-bond donors (Lipinski definition) is 1. The second-order valence-corrected chi connectivity index (χ2v) is 4.30. The van der Waals surface area contributed by atoms with Gasteiger partial charge < -0.3 is 14.8 Å². The van der Waals surface area contributed by atoms with Crippen LogP contribution in [0.2, 0.25) is 0 Å². The normalized spacial score (nSPS) is 10.7. The Kier molecular flexibility index (Phi) is 13.4. The first kappa shape index (κ1) is 14.2. The largest absolute Gasteiger partial charge is 0.382 e. The van der Waals surface area contributed by atoms with Gasteiger partial charge in [-0.3, -0.25) is 0 Å². The van der Waals surface area contributed by atoms with Crippen LogP contribution in [-0.2, 0) is 9.47 Å². The molecule has 0 radical (unpaired) electrons. The maximum absolute atomic E-state index is 5.31. The Labute approximate surface area is 91.9 Å². The smallest absolute Gasteiger partial charge is 0.0700 e. The van der Waals surface area contributed by atoms with E-state index in [0.717, 1.165) is 19.7 Å². The minimum absolute atomic E-state index is 0.688. The number of nitrogens with one attached hydrogen (secondary N) is 1. The van der Waals surface area contributed by atoms with Gasteiger partial charge in [0.05, 0.1) is 19.8 Å². The van der Waals surface area contributed by atoms with E-state index in [1.807, 2.05) is 11.8 Å². The molecule has 0 amide bonds. The average molecular weight is 221 g/mol. The Morgan fingerprint density at radius 3 is 2.71 bits per heavy atom. The van der Waals surface area contributed by atoms with E-state index in [1.54, 1.807) is 7.11 Å². The lowest BCUT2D eigenvalue weighted by Gasteiger charge is -2.05. The molecule has 0 heterocycles. The molecule has 0 unspecified atom stereocenters. The summed E-state index contributed by atoms with van der Waals surface area (Å²) in [5.74, 6) is 2.48. The fourth-order valence-electron chi connectivity index (χ4n) is 0.957. The van der Waals surface area contributed by atoms with Crippen LogP contribution in [0.15, 0.2) is 0 Å². The lowest BCUT2D eigenvalue weighted by molar-refractivity contribution is 0.0721. The van der Waals surface area contributed by atoms with E-state index in [9.17, 15) is 0 Å².